The monoisotopic (exact) mass is 454 g/mol. The Morgan fingerprint density at radius 2 is 1.78 bits per heavy atom. The first-order valence-corrected chi connectivity index (χ1v) is 11.0. The number of hydrogen-bond donors (Lipinski definition) is 1. The molecule has 2 aliphatic rings. The van der Waals surface area contributed by atoms with Gasteiger partial charge in [0.25, 0.3) is 11.8 Å². The lowest BCUT2D eigenvalue weighted by Gasteiger charge is -2.49. The van der Waals surface area contributed by atoms with Crippen molar-refractivity contribution in [3.63, 3.8) is 0 Å². The number of rotatable bonds is 8. The van der Waals surface area contributed by atoms with E-state index in [9.17, 15) is 14.4 Å². The molecule has 2 atom stereocenters. The minimum absolute atomic E-state index is 0.0804. The standard InChI is InChI=1S/C23H22N2O6S/c1-29-17-14-32-22-19(24-18(26)13-30-16-10-6-3-7-11-16)21(27)25(22)20(17)23(28)31-12-15-8-4-2-5-9-15/h2-11,19,22H,12-14H2,1H3,(H,24,26)/t19-,22+/m1/s1. The van der Waals surface area contributed by atoms with Gasteiger partial charge in [-0.15, -0.1) is 11.8 Å². The number of thioether (sulfide) groups is 1. The van der Waals surface area contributed by atoms with Gasteiger partial charge < -0.3 is 19.5 Å². The van der Waals surface area contributed by atoms with Crippen molar-refractivity contribution in [1.29, 1.82) is 0 Å². The van der Waals surface area contributed by atoms with Crippen LogP contribution in [0.5, 0.6) is 5.75 Å². The van der Waals surface area contributed by atoms with Crippen molar-refractivity contribution in [2.24, 2.45) is 0 Å². The van der Waals surface area contributed by atoms with Gasteiger partial charge in [-0.05, 0) is 17.7 Å². The Kier molecular flexibility index (Phi) is 6.65. The second-order valence-corrected chi connectivity index (χ2v) is 8.20. The lowest BCUT2D eigenvalue weighted by Crippen LogP contribution is -2.71. The summed E-state index contributed by atoms with van der Waals surface area (Å²) in [4.78, 5) is 39.2. The molecule has 0 radical (unpaired) electrons. The highest BCUT2D eigenvalue weighted by molar-refractivity contribution is 8.00. The van der Waals surface area contributed by atoms with Crippen LogP contribution in [0.1, 0.15) is 5.56 Å². The number of esters is 1. The molecule has 0 aliphatic carbocycles. The largest absolute Gasteiger partial charge is 0.498 e. The summed E-state index contributed by atoms with van der Waals surface area (Å²) in [6.45, 7) is -0.132. The van der Waals surface area contributed by atoms with E-state index in [0.29, 0.717) is 17.3 Å². The molecule has 9 heteroatoms. The third kappa shape index (κ3) is 4.57. The van der Waals surface area contributed by atoms with Gasteiger partial charge >= 0.3 is 5.97 Å². The minimum Gasteiger partial charge on any atom is -0.498 e. The predicted octanol–water partition coefficient (Wildman–Crippen LogP) is 2.07. The van der Waals surface area contributed by atoms with Crippen LogP contribution >= 0.6 is 11.8 Å². The zero-order valence-electron chi connectivity index (χ0n) is 17.4. The van der Waals surface area contributed by atoms with Gasteiger partial charge in [-0.2, -0.15) is 0 Å². The summed E-state index contributed by atoms with van der Waals surface area (Å²) in [6.07, 6.45) is 0. The molecule has 0 saturated carbocycles. The molecular formula is C23H22N2O6S. The fourth-order valence-electron chi connectivity index (χ4n) is 3.41. The van der Waals surface area contributed by atoms with Crippen LogP contribution in [-0.4, -0.2) is 53.6 Å². The van der Waals surface area contributed by atoms with Gasteiger partial charge in [-0.3, -0.25) is 14.5 Å². The molecule has 4 rings (SSSR count). The molecule has 0 unspecified atom stereocenters. The third-order valence-electron chi connectivity index (χ3n) is 5.02. The lowest BCUT2D eigenvalue weighted by molar-refractivity contribution is -0.154. The van der Waals surface area contributed by atoms with Crippen LogP contribution < -0.4 is 10.1 Å². The quantitative estimate of drug-likeness (QED) is 0.482. The molecule has 32 heavy (non-hydrogen) atoms. The summed E-state index contributed by atoms with van der Waals surface area (Å²) in [5.74, 6) is -0.129. The Morgan fingerprint density at radius 3 is 2.47 bits per heavy atom. The van der Waals surface area contributed by atoms with Crippen molar-refractivity contribution < 1.29 is 28.6 Å². The van der Waals surface area contributed by atoms with Gasteiger partial charge in [0.2, 0.25) is 0 Å². The first-order chi connectivity index (χ1) is 15.6. The van der Waals surface area contributed by atoms with Crippen LogP contribution in [0, 0.1) is 0 Å². The molecule has 1 N–H and O–H groups in total. The summed E-state index contributed by atoms with van der Waals surface area (Å²) >= 11 is 1.41. The molecule has 2 heterocycles. The lowest BCUT2D eigenvalue weighted by atomic mass is 10.0. The second-order valence-electron chi connectivity index (χ2n) is 7.09. The van der Waals surface area contributed by atoms with Crippen LogP contribution in [0.25, 0.3) is 0 Å². The summed E-state index contributed by atoms with van der Waals surface area (Å²) in [5, 5.41) is 2.28. The molecule has 0 bridgehead atoms. The predicted molar refractivity (Wildman–Crippen MR) is 117 cm³/mol. The number of hydrogen-bond acceptors (Lipinski definition) is 7. The molecule has 166 valence electrons. The Hall–Kier alpha value is -3.46. The molecule has 2 aromatic carbocycles. The number of methoxy groups -OCH3 is 1. The zero-order chi connectivity index (χ0) is 22.5. The summed E-state index contributed by atoms with van der Waals surface area (Å²) in [6, 6.07) is 17.4. The van der Waals surface area contributed by atoms with E-state index in [0.717, 1.165) is 5.56 Å². The van der Waals surface area contributed by atoms with E-state index >= 15 is 0 Å². The molecule has 2 aromatic rings. The number of nitrogens with one attached hydrogen (secondary N) is 1. The average molecular weight is 455 g/mol. The van der Waals surface area contributed by atoms with E-state index in [4.69, 9.17) is 14.2 Å². The van der Waals surface area contributed by atoms with Gasteiger partial charge in [0.15, 0.2) is 12.3 Å². The van der Waals surface area contributed by atoms with Crippen LogP contribution in [0.2, 0.25) is 0 Å². The zero-order valence-corrected chi connectivity index (χ0v) is 18.2. The molecule has 1 saturated heterocycles. The van der Waals surface area contributed by atoms with Crippen LogP contribution in [0.15, 0.2) is 72.1 Å². The average Bonchev–Trinajstić information content (AvgIpc) is 2.84. The number of amides is 2. The van der Waals surface area contributed by atoms with Gasteiger partial charge in [-0.1, -0.05) is 48.5 Å². The number of nitrogens with zero attached hydrogens (tertiary/aromatic N) is 1. The number of benzene rings is 2. The fraction of sp³-hybridized carbons (Fsp3) is 0.261. The number of carbonyl (C=O) groups excluding carboxylic acids is 3. The maximum absolute atomic E-state index is 12.8. The van der Waals surface area contributed by atoms with E-state index in [1.54, 1.807) is 24.3 Å². The number of β-lactam (4-membered cyclic amide) rings is 1. The summed E-state index contributed by atoms with van der Waals surface area (Å²) in [7, 11) is 1.45. The molecule has 1 fully saturated rings. The summed E-state index contributed by atoms with van der Waals surface area (Å²) in [5.41, 5.74) is 0.920. The van der Waals surface area contributed by atoms with Crippen LogP contribution in [-0.2, 0) is 30.5 Å². The van der Waals surface area contributed by atoms with Crippen molar-refractivity contribution in [1.82, 2.24) is 10.2 Å². The minimum atomic E-state index is -0.748. The van der Waals surface area contributed by atoms with Crippen LogP contribution in [0.3, 0.4) is 0 Å². The second kappa shape index (κ2) is 9.78. The Labute approximate surface area is 189 Å². The smallest absolute Gasteiger partial charge is 0.358 e. The van der Waals surface area contributed by atoms with Crippen molar-refractivity contribution in [2.75, 3.05) is 19.5 Å². The SMILES string of the molecule is COC1=C(C(=O)OCc2ccccc2)N2C(=O)[C@@H](NC(=O)COc3ccccc3)[C@@H]2SC1. The molecular weight excluding hydrogens is 432 g/mol. The molecule has 2 aliphatic heterocycles. The fourth-order valence-corrected chi connectivity index (χ4v) is 4.72. The third-order valence-corrected chi connectivity index (χ3v) is 6.27. The topological polar surface area (TPSA) is 94.2 Å². The van der Waals surface area contributed by atoms with E-state index in [-0.39, 0.29) is 18.9 Å². The molecule has 0 aromatic heterocycles. The van der Waals surface area contributed by atoms with Gasteiger partial charge in [0.1, 0.15) is 29.5 Å². The van der Waals surface area contributed by atoms with Gasteiger partial charge in [0, 0.05) is 0 Å². The molecule has 8 nitrogen and oxygen atoms in total. The van der Waals surface area contributed by atoms with Crippen molar-refractivity contribution in [3.05, 3.63) is 77.7 Å². The van der Waals surface area contributed by atoms with E-state index in [1.807, 2.05) is 36.4 Å². The molecule has 2 amide bonds. The van der Waals surface area contributed by atoms with Crippen molar-refractivity contribution in [2.45, 2.75) is 18.0 Å². The first-order valence-electron chi connectivity index (χ1n) is 9.98. The highest BCUT2D eigenvalue weighted by Gasteiger charge is 2.55. The Morgan fingerprint density at radius 1 is 1.09 bits per heavy atom. The van der Waals surface area contributed by atoms with Crippen molar-refractivity contribution in [3.8, 4) is 5.75 Å². The normalized spacial score (nSPS) is 19.5. The number of carbonyl (C=O) groups is 3. The van der Waals surface area contributed by atoms with E-state index < -0.39 is 29.2 Å². The van der Waals surface area contributed by atoms with Crippen LogP contribution in [0.4, 0.5) is 0 Å². The Balaban J connectivity index is 1.38. The highest BCUT2D eigenvalue weighted by atomic mass is 32.2. The number of ether oxygens (including phenoxy) is 3. The first kappa shape index (κ1) is 21.8. The molecule has 0 spiro atoms. The van der Waals surface area contributed by atoms with E-state index in [2.05, 4.69) is 5.32 Å². The number of para-hydroxylation sites is 1. The highest BCUT2D eigenvalue weighted by Crippen LogP contribution is 2.40. The Bertz CT molecular complexity index is 1030. The van der Waals surface area contributed by atoms with Crippen molar-refractivity contribution >= 4 is 29.5 Å². The van der Waals surface area contributed by atoms with Gasteiger partial charge in [0.05, 0.1) is 12.9 Å². The summed E-state index contributed by atoms with van der Waals surface area (Å²) < 4.78 is 16.2. The van der Waals surface area contributed by atoms with E-state index in [1.165, 1.54) is 23.8 Å². The number of fused-ring (bicyclic) bond motifs is 1. The maximum atomic E-state index is 12.8. The maximum Gasteiger partial charge on any atom is 0.358 e. The van der Waals surface area contributed by atoms with Gasteiger partial charge in [-0.25, -0.2) is 4.79 Å².